The number of carbonyl (C=O) groups is 1. The maximum Gasteiger partial charge on any atom is 0.264 e. The van der Waals surface area contributed by atoms with Crippen LogP contribution in [0.4, 0.5) is 10.1 Å². The van der Waals surface area contributed by atoms with Gasteiger partial charge < -0.3 is 4.90 Å². The maximum absolute atomic E-state index is 13.1. The average molecular weight is 399 g/mol. The molecule has 0 unspecified atom stereocenters. The minimum absolute atomic E-state index is 0.0655. The van der Waals surface area contributed by atoms with Gasteiger partial charge in [0.2, 0.25) is 0 Å². The maximum atomic E-state index is 13.1. The SMILES string of the molecule is CCN(CC)C(=O)c1cc(S(=O)(=O)N(C)c2ccc(F)cc2)ccc1Cl. The van der Waals surface area contributed by atoms with Gasteiger partial charge in [0.25, 0.3) is 15.9 Å². The van der Waals surface area contributed by atoms with E-state index in [2.05, 4.69) is 0 Å². The van der Waals surface area contributed by atoms with Gasteiger partial charge in [0.05, 0.1) is 21.2 Å². The van der Waals surface area contributed by atoms with Gasteiger partial charge in [0.15, 0.2) is 0 Å². The first-order valence-corrected chi connectivity index (χ1v) is 9.87. The second kappa shape index (κ2) is 8.05. The average Bonchev–Trinajstić information content (AvgIpc) is 2.62. The van der Waals surface area contributed by atoms with Crippen LogP contribution in [-0.2, 0) is 10.0 Å². The van der Waals surface area contributed by atoms with Gasteiger partial charge in [-0.2, -0.15) is 0 Å². The fourth-order valence-corrected chi connectivity index (χ4v) is 3.88. The number of hydrogen-bond acceptors (Lipinski definition) is 3. The van der Waals surface area contributed by atoms with Gasteiger partial charge in [-0.05, 0) is 56.3 Å². The highest BCUT2D eigenvalue weighted by Gasteiger charge is 2.25. The summed E-state index contributed by atoms with van der Waals surface area (Å²) in [6.07, 6.45) is 0. The van der Waals surface area contributed by atoms with E-state index in [0.717, 1.165) is 4.31 Å². The lowest BCUT2D eigenvalue weighted by Gasteiger charge is -2.22. The number of benzene rings is 2. The zero-order valence-corrected chi connectivity index (χ0v) is 16.3. The van der Waals surface area contributed by atoms with Crippen LogP contribution in [0.2, 0.25) is 5.02 Å². The van der Waals surface area contributed by atoms with Crippen molar-refractivity contribution in [3.63, 3.8) is 0 Å². The van der Waals surface area contributed by atoms with Crippen molar-refractivity contribution < 1.29 is 17.6 Å². The standard InChI is InChI=1S/C18H20ClFN2O3S/c1-4-22(5-2)18(23)16-12-15(10-11-17(16)19)26(24,25)21(3)14-8-6-13(20)7-9-14/h6-12H,4-5H2,1-3H3. The minimum atomic E-state index is -3.94. The predicted molar refractivity (Wildman–Crippen MR) is 101 cm³/mol. The van der Waals surface area contributed by atoms with E-state index in [1.54, 1.807) is 4.90 Å². The number of sulfonamides is 1. The van der Waals surface area contributed by atoms with Crippen LogP contribution in [0.5, 0.6) is 0 Å². The van der Waals surface area contributed by atoms with Crippen LogP contribution in [-0.4, -0.2) is 39.4 Å². The van der Waals surface area contributed by atoms with Crippen molar-refractivity contribution in [3.8, 4) is 0 Å². The van der Waals surface area contributed by atoms with Gasteiger partial charge in [-0.15, -0.1) is 0 Å². The Morgan fingerprint density at radius 3 is 2.19 bits per heavy atom. The molecule has 0 atom stereocenters. The molecule has 26 heavy (non-hydrogen) atoms. The number of halogens is 2. The smallest absolute Gasteiger partial charge is 0.264 e. The third-order valence-electron chi connectivity index (χ3n) is 4.07. The Balaban J connectivity index is 2.45. The highest BCUT2D eigenvalue weighted by Crippen LogP contribution is 2.26. The Hall–Kier alpha value is -2.12. The summed E-state index contributed by atoms with van der Waals surface area (Å²) < 4.78 is 39.9. The Bertz CT molecular complexity index is 897. The van der Waals surface area contributed by atoms with E-state index < -0.39 is 15.8 Å². The van der Waals surface area contributed by atoms with E-state index in [9.17, 15) is 17.6 Å². The highest BCUT2D eigenvalue weighted by atomic mass is 35.5. The van der Waals surface area contributed by atoms with Crippen LogP contribution in [0.25, 0.3) is 0 Å². The third-order valence-corrected chi connectivity index (χ3v) is 6.18. The third kappa shape index (κ3) is 3.99. The van der Waals surface area contributed by atoms with Crippen molar-refractivity contribution in [1.82, 2.24) is 4.90 Å². The van der Waals surface area contributed by atoms with Crippen LogP contribution in [0.3, 0.4) is 0 Å². The summed E-state index contributed by atoms with van der Waals surface area (Å²) in [6.45, 7) is 4.63. The summed E-state index contributed by atoms with van der Waals surface area (Å²) in [5.74, 6) is -0.792. The molecule has 0 heterocycles. The molecule has 1 amide bonds. The molecule has 8 heteroatoms. The van der Waals surface area contributed by atoms with Crippen molar-refractivity contribution >= 4 is 33.2 Å². The summed E-state index contributed by atoms with van der Waals surface area (Å²) in [4.78, 5) is 14.1. The summed E-state index contributed by atoms with van der Waals surface area (Å²) in [6, 6.07) is 9.10. The molecule has 5 nitrogen and oxygen atoms in total. The molecular formula is C18H20ClFN2O3S. The van der Waals surface area contributed by atoms with Gasteiger partial charge >= 0.3 is 0 Å². The lowest BCUT2D eigenvalue weighted by Crippen LogP contribution is -2.31. The summed E-state index contributed by atoms with van der Waals surface area (Å²) in [7, 11) is -2.57. The van der Waals surface area contributed by atoms with Crippen molar-refractivity contribution in [1.29, 1.82) is 0 Å². The summed E-state index contributed by atoms with van der Waals surface area (Å²) >= 11 is 6.12. The molecule has 0 aromatic heterocycles. The summed E-state index contributed by atoms with van der Waals surface area (Å²) in [5, 5.41) is 0.185. The number of rotatable bonds is 6. The molecule has 140 valence electrons. The normalized spacial score (nSPS) is 11.3. The number of carbonyl (C=O) groups excluding carboxylic acids is 1. The molecule has 0 fully saturated rings. The highest BCUT2D eigenvalue weighted by molar-refractivity contribution is 7.92. The Kier molecular flexibility index (Phi) is 6.26. The topological polar surface area (TPSA) is 57.7 Å². The predicted octanol–water partition coefficient (Wildman–Crippen LogP) is 3.79. The van der Waals surface area contributed by atoms with Gasteiger partial charge in [-0.3, -0.25) is 9.10 Å². The van der Waals surface area contributed by atoms with Crippen molar-refractivity contribution in [2.45, 2.75) is 18.7 Å². The van der Waals surface area contributed by atoms with Crippen LogP contribution in [0.1, 0.15) is 24.2 Å². The Labute approximate surface area is 158 Å². The molecule has 0 aliphatic heterocycles. The van der Waals surface area contributed by atoms with Crippen molar-refractivity contribution in [2.24, 2.45) is 0 Å². The first-order chi connectivity index (χ1) is 12.2. The van der Waals surface area contributed by atoms with Gasteiger partial charge in [-0.25, -0.2) is 12.8 Å². The lowest BCUT2D eigenvalue weighted by atomic mass is 10.2. The zero-order chi connectivity index (χ0) is 19.5. The van der Waals surface area contributed by atoms with E-state index in [4.69, 9.17) is 11.6 Å². The second-order valence-corrected chi connectivity index (χ2v) is 7.94. The van der Waals surface area contributed by atoms with Gasteiger partial charge in [0, 0.05) is 20.1 Å². The summed E-state index contributed by atoms with van der Waals surface area (Å²) in [5.41, 5.74) is 0.432. The number of anilines is 1. The molecule has 0 N–H and O–H groups in total. The van der Waals surface area contributed by atoms with Crippen molar-refractivity contribution in [2.75, 3.05) is 24.4 Å². The fraction of sp³-hybridized carbons (Fsp3) is 0.278. The fourth-order valence-electron chi connectivity index (χ4n) is 2.46. The molecule has 0 aliphatic carbocycles. The molecule has 0 saturated heterocycles. The zero-order valence-electron chi connectivity index (χ0n) is 14.7. The molecule has 2 aromatic rings. The molecule has 0 saturated carbocycles. The second-order valence-electron chi connectivity index (χ2n) is 5.57. The molecule has 0 spiro atoms. The van der Waals surface area contributed by atoms with Crippen LogP contribution in [0, 0.1) is 5.82 Å². The first kappa shape index (κ1) is 20.2. The van der Waals surface area contributed by atoms with Crippen LogP contribution >= 0.6 is 11.6 Å². The molecule has 0 radical (unpaired) electrons. The van der Waals surface area contributed by atoms with E-state index in [1.807, 2.05) is 13.8 Å². The van der Waals surface area contributed by atoms with E-state index in [0.29, 0.717) is 18.8 Å². The lowest BCUT2D eigenvalue weighted by molar-refractivity contribution is 0.0773. The minimum Gasteiger partial charge on any atom is -0.339 e. The quantitative estimate of drug-likeness (QED) is 0.743. The van der Waals surface area contributed by atoms with Gasteiger partial charge in [0.1, 0.15) is 5.82 Å². The van der Waals surface area contributed by atoms with Crippen molar-refractivity contribution in [3.05, 3.63) is 58.9 Å². The molecule has 0 bridgehead atoms. The molecule has 2 rings (SSSR count). The van der Waals surface area contributed by atoms with Gasteiger partial charge in [-0.1, -0.05) is 11.6 Å². The molecule has 0 aliphatic rings. The largest absolute Gasteiger partial charge is 0.339 e. The number of amides is 1. The first-order valence-electron chi connectivity index (χ1n) is 8.05. The monoisotopic (exact) mass is 398 g/mol. The molecular weight excluding hydrogens is 379 g/mol. The Morgan fingerprint density at radius 1 is 1.08 bits per heavy atom. The van der Waals surface area contributed by atoms with Crippen LogP contribution in [0.15, 0.2) is 47.4 Å². The number of nitrogens with zero attached hydrogens (tertiary/aromatic N) is 2. The van der Waals surface area contributed by atoms with E-state index in [1.165, 1.54) is 49.5 Å². The Morgan fingerprint density at radius 2 is 1.65 bits per heavy atom. The number of hydrogen-bond donors (Lipinski definition) is 0. The van der Waals surface area contributed by atoms with E-state index in [-0.39, 0.29) is 21.4 Å². The molecule has 2 aromatic carbocycles. The van der Waals surface area contributed by atoms with E-state index >= 15 is 0 Å². The van der Waals surface area contributed by atoms with Crippen LogP contribution < -0.4 is 4.31 Å².